The van der Waals surface area contributed by atoms with E-state index in [0.29, 0.717) is 21.7 Å². The smallest absolute Gasteiger partial charge is 0.335 e. The van der Waals surface area contributed by atoms with Gasteiger partial charge in [0.1, 0.15) is 22.9 Å². The Morgan fingerprint density at radius 1 is 0.370 bits per heavy atom. The molecule has 1 unspecified atom stereocenters. The van der Waals surface area contributed by atoms with Gasteiger partial charge in [0.25, 0.3) is 5.70 Å². The van der Waals surface area contributed by atoms with Crippen LogP contribution in [0.5, 0.6) is 0 Å². The molecule has 32 nitrogen and oxygen atoms in total. The molecule has 0 amide bonds. The first kappa shape index (κ1) is 61.2. The highest BCUT2D eigenvalue weighted by molar-refractivity contribution is 5.80. The van der Waals surface area contributed by atoms with Gasteiger partial charge in [0.05, 0.1) is 135 Å². The predicted molar refractivity (Wildman–Crippen MR) is 336 cm³/mol. The number of allylic oxidation sites excluding steroid dienone is 4. The SMILES string of the molecule is [C-]#[N+]/C(C#N)=C1/N=c2ccc(-c3nc(-c4ccc5c(c4C#N)=N/C(=C(\C#N)[N+]#[C-])N=5)nc(C([N+]#[C-])c4nc5ccccc5[nH]4)n3)c([N+]#[C-])c2=N1.[C-]#[N+]C(=C1N=c2ccccc2=N1)c1nc(-c2ccc3c(c2C#N)=N/C(=C(\C#N)[N+]#[C-])N=3)nc(-c2ccc3c(c2[N+]#[C-])=N/C(=C(/C#N)[N+]#[C-])N=3)n1. The van der Waals surface area contributed by atoms with E-state index in [4.69, 9.17) is 52.6 Å². The molecule has 32 heteroatoms. The van der Waals surface area contributed by atoms with Crippen molar-refractivity contribution in [3.63, 3.8) is 0 Å². The number of aromatic nitrogens is 8. The van der Waals surface area contributed by atoms with Crippen LogP contribution in [0.4, 0.5) is 11.4 Å². The zero-order valence-corrected chi connectivity index (χ0v) is 49.7. The number of benzene rings is 6. The van der Waals surface area contributed by atoms with E-state index in [9.17, 15) is 31.6 Å². The van der Waals surface area contributed by atoms with Crippen molar-refractivity contribution in [2.75, 3.05) is 0 Å². The topological polar surface area (TPSA) is 407 Å². The van der Waals surface area contributed by atoms with Crippen LogP contribution in [0.2, 0.25) is 0 Å². The highest BCUT2D eigenvalue weighted by Gasteiger charge is 2.31. The molecule has 100 heavy (non-hydrogen) atoms. The first-order chi connectivity index (χ1) is 48.9. The summed E-state index contributed by atoms with van der Waals surface area (Å²) in [4.78, 5) is 106. The Labute approximate surface area is 557 Å². The number of nitrogens with one attached hydrogen (secondary N) is 1. The fourth-order valence-corrected chi connectivity index (χ4v) is 10.2. The fraction of sp³-hybridized carbons (Fsp3) is 0.0147. The lowest BCUT2D eigenvalue weighted by molar-refractivity contribution is 0.814. The van der Waals surface area contributed by atoms with Gasteiger partial charge in [-0.2, -0.15) is 10.5 Å². The number of hydrogen-bond donors (Lipinski definition) is 1. The average molecular weight is 1280 g/mol. The second-order valence-corrected chi connectivity index (χ2v) is 20.1. The number of rotatable bonds is 7. The highest BCUT2D eigenvalue weighted by Crippen LogP contribution is 2.34. The van der Waals surface area contributed by atoms with Gasteiger partial charge in [-0.1, -0.05) is 36.4 Å². The third-order valence-electron chi connectivity index (χ3n) is 14.7. The van der Waals surface area contributed by atoms with E-state index >= 15 is 0 Å². The quantitative estimate of drug-likeness (QED) is 0.161. The molecule has 0 aliphatic carbocycles. The molecule has 0 saturated carbocycles. The standard InChI is InChI=1S/C34H10N16.C34H8N16/c2*1-38-23(14-36)31-44-21-11-9-16(18(13-35)25(21)46-31)29-48-30(17-10-12-22-27(26(17)40-3)47-32(45-22)24(15-37)39-2)50-34(49-29)28(41-4)33-42-19-7-5-6-8-20(19)43-33/h5-12,28H,(H,42,43);5-12H/b2*31-23+,32-24-. The Bertz CT molecular complexity index is 6530. The molecular formula is C68H18N32. The van der Waals surface area contributed by atoms with E-state index < -0.39 is 6.04 Å². The summed E-state index contributed by atoms with van der Waals surface area (Å²) in [5.41, 5.74) is 0.297. The molecule has 1 N–H and O–H groups in total. The maximum Gasteiger partial charge on any atom is 0.338 e. The Kier molecular flexibility index (Phi) is 15.4. The number of fused-ring (bicyclic) bond motifs is 6. The molecule has 5 aliphatic rings. The van der Waals surface area contributed by atoms with Gasteiger partial charge in [-0.25, -0.2) is 146 Å². The summed E-state index contributed by atoms with van der Waals surface area (Å²) in [5, 5.41) is 60.5. The maximum absolute atomic E-state index is 10.3. The van der Waals surface area contributed by atoms with Crippen molar-refractivity contribution in [2.24, 2.45) is 49.9 Å². The van der Waals surface area contributed by atoms with Gasteiger partial charge in [0.15, 0.2) is 64.1 Å². The van der Waals surface area contributed by atoms with Crippen LogP contribution >= 0.6 is 0 Å². The normalized spacial score (nSPS) is 14.5. The molecule has 0 fully saturated rings. The van der Waals surface area contributed by atoms with E-state index in [1.54, 1.807) is 66.7 Å². The Morgan fingerprint density at radius 2 is 0.750 bits per heavy atom. The molecule has 9 aromatic rings. The van der Waals surface area contributed by atoms with E-state index in [2.05, 4.69) is 141 Å². The van der Waals surface area contributed by atoms with Crippen LogP contribution in [0.25, 0.3) is 101 Å². The minimum atomic E-state index is -1.18. The van der Waals surface area contributed by atoms with E-state index in [1.807, 2.05) is 6.07 Å². The predicted octanol–water partition coefficient (Wildman–Crippen LogP) is 5.10. The minimum Gasteiger partial charge on any atom is -0.335 e. The summed E-state index contributed by atoms with van der Waals surface area (Å²) in [6, 6.07) is 36.4. The lowest BCUT2D eigenvalue weighted by atomic mass is 10.1. The average Bonchev–Trinajstić information content (AvgIpc) is 1.43. The molecule has 3 aromatic heterocycles. The number of hydrogen-bond acceptors (Lipinski definition) is 23. The lowest BCUT2D eigenvalue weighted by Gasteiger charge is -2.10. The monoisotopic (exact) mass is 1280 g/mol. The molecule has 0 bridgehead atoms. The molecule has 1 atom stereocenters. The molecule has 6 aromatic carbocycles. The molecule has 8 heterocycles. The van der Waals surface area contributed by atoms with Gasteiger partial charge in [0.2, 0.25) is 17.2 Å². The first-order valence-electron chi connectivity index (χ1n) is 27.9. The second kappa shape index (κ2) is 25.2. The molecule has 14 rings (SSSR count). The summed E-state index contributed by atoms with van der Waals surface area (Å²) < 4.78 is 0. The van der Waals surface area contributed by atoms with Crippen LogP contribution < -0.4 is 53.6 Å². The molecular weight excluding hydrogens is 1260 g/mol. The summed E-state index contributed by atoms with van der Waals surface area (Å²) in [6.45, 7) is 61.3. The zero-order chi connectivity index (χ0) is 69.9. The number of imidazole rings is 1. The lowest BCUT2D eigenvalue weighted by Crippen LogP contribution is -2.26. The number of aromatic amines is 1. The molecule has 0 spiro atoms. The van der Waals surface area contributed by atoms with Gasteiger partial charge in [-0.15, -0.1) is 0 Å². The number of nitrogens with zero attached hydrogens (tertiary/aromatic N) is 31. The second-order valence-electron chi connectivity index (χ2n) is 20.1. The highest BCUT2D eigenvalue weighted by atomic mass is 15.1. The van der Waals surface area contributed by atoms with Crippen molar-refractivity contribution in [1.82, 2.24) is 39.9 Å². The number of para-hydroxylation sites is 4. The zero-order valence-electron chi connectivity index (χ0n) is 49.7. The Hall–Kier alpha value is -17.6. The fourth-order valence-electron chi connectivity index (χ4n) is 10.2. The van der Waals surface area contributed by atoms with Crippen molar-refractivity contribution in [3.8, 4) is 82.0 Å². The van der Waals surface area contributed by atoms with Crippen LogP contribution in [0.3, 0.4) is 0 Å². The Morgan fingerprint density at radius 3 is 1.15 bits per heavy atom. The summed E-state index contributed by atoms with van der Waals surface area (Å²) >= 11 is 0. The molecule has 0 radical (unpaired) electrons. The minimum absolute atomic E-state index is 0.0131. The first-order valence-corrected chi connectivity index (χ1v) is 27.9. The molecule has 5 aliphatic heterocycles. The largest absolute Gasteiger partial charge is 0.338 e. The van der Waals surface area contributed by atoms with Crippen molar-refractivity contribution in [1.29, 1.82) is 31.6 Å². The van der Waals surface area contributed by atoms with Crippen LogP contribution in [0, 0.1) is 121 Å². The van der Waals surface area contributed by atoms with Crippen molar-refractivity contribution < 1.29 is 0 Å². The van der Waals surface area contributed by atoms with E-state index in [-0.39, 0.29) is 186 Å². The van der Waals surface area contributed by atoms with Crippen LogP contribution in [0.1, 0.15) is 34.6 Å². The van der Waals surface area contributed by atoms with Gasteiger partial charge >= 0.3 is 28.8 Å². The van der Waals surface area contributed by atoms with Crippen LogP contribution in [-0.4, -0.2) is 39.9 Å². The van der Waals surface area contributed by atoms with E-state index in [1.165, 1.54) is 48.5 Å². The third kappa shape index (κ3) is 10.4. The third-order valence-corrected chi connectivity index (χ3v) is 14.7. The van der Waals surface area contributed by atoms with Gasteiger partial charge in [-0.05, 0) is 60.7 Å². The van der Waals surface area contributed by atoms with Crippen LogP contribution in [0.15, 0.2) is 199 Å². The summed E-state index contributed by atoms with van der Waals surface area (Å²) in [7, 11) is 0. The number of nitriles is 6. The van der Waals surface area contributed by atoms with Crippen molar-refractivity contribution >= 4 is 28.1 Å². The van der Waals surface area contributed by atoms with E-state index in [0.717, 1.165) is 0 Å². The number of H-pyrrole nitrogens is 1. The van der Waals surface area contributed by atoms with Gasteiger partial charge in [-0.3, -0.25) is 4.85 Å². The maximum atomic E-state index is 10.3. The van der Waals surface area contributed by atoms with Crippen LogP contribution in [-0.2, 0) is 0 Å². The molecule has 0 saturated heterocycles. The van der Waals surface area contributed by atoms with Crippen molar-refractivity contribution in [3.05, 3.63) is 322 Å². The molecule has 450 valence electrons. The van der Waals surface area contributed by atoms with Gasteiger partial charge < -0.3 is 4.98 Å². The Balaban J connectivity index is 0.000000179. The summed E-state index contributed by atoms with van der Waals surface area (Å²) in [6.07, 6.45) is 0. The van der Waals surface area contributed by atoms with Gasteiger partial charge in [0, 0.05) is 22.3 Å². The van der Waals surface area contributed by atoms with Crippen molar-refractivity contribution in [2.45, 2.75) is 6.04 Å². The summed E-state index contributed by atoms with van der Waals surface area (Å²) in [5.74, 6) is -0.756.